The third-order valence-electron chi connectivity index (χ3n) is 2.41. The Labute approximate surface area is 96.6 Å². The minimum atomic E-state index is 0.141. The number of aliphatic hydroxyl groups is 1. The van der Waals surface area contributed by atoms with Crippen LogP contribution in [-0.2, 0) is 0 Å². The second-order valence-corrected chi connectivity index (χ2v) is 3.46. The summed E-state index contributed by atoms with van der Waals surface area (Å²) in [5.74, 6) is 0.705. The Bertz CT molecular complexity index is 329. The summed E-state index contributed by atoms with van der Waals surface area (Å²) in [6.07, 6.45) is 0. The fourth-order valence-corrected chi connectivity index (χ4v) is 1.59. The third kappa shape index (κ3) is 3.03. The predicted octanol–water partition coefficient (Wildman–Crippen LogP) is 1.49. The number of benzene rings is 1. The van der Waals surface area contributed by atoms with E-state index in [2.05, 4.69) is 4.90 Å². The lowest BCUT2D eigenvalue weighted by Crippen LogP contribution is -2.26. The summed E-state index contributed by atoms with van der Waals surface area (Å²) in [7, 11) is 0. The van der Waals surface area contributed by atoms with E-state index in [0.717, 1.165) is 12.2 Å². The second kappa shape index (κ2) is 6.23. The fourth-order valence-electron chi connectivity index (χ4n) is 1.59. The van der Waals surface area contributed by atoms with Crippen molar-refractivity contribution in [3.05, 3.63) is 18.2 Å². The number of hydrogen-bond donors (Lipinski definition) is 2. The molecule has 1 aromatic rings. The van der Waals surface area contributed by atoms with Crippen molar-refractivity contribution >= 4 is 11.4 Å². The van der Waals surface area contributed by atoms with Crippen molar-refractivity contribution in [3.8, 4) is 5.75 Å². The van der Waals surface area contributed by atoms with Crippen LogP contribution in [0.4, 0.5) is 11.4 Å². The maximum Gasteiger partial charge on any atom is 0.144 e. The summed E-state index contributed by atoms with van der Waals surface area (Å²) in [5.41, 5.74) is 7.46. The Morgan fingerprint density at radius 2 is 2.12 bits per heavy atom. The maximum absolute atomic E-state index is 8.96. The van der Waals surface area contributed by atoms with Gasteiger partial charge in [0.05, 0.1) is 18.9 Å². The number of hydrogen-bond acceptors (Lipinski definition) is 4. The first-order valence-electron chi connectivity index (χ1n) is 5.61. The minimum Gasteiger partial charge on any atom is -0.492 e. The van der Waals surface area contributed by atoms with Gasteiger partial charge in [-0.05, 0) is 26.0 Å². The van der Waals surface area contributed by atoms with E-state index in [0.29, 0.717) is 24.6 Å². The maximum atomic E-state index is 8.96. The minimum absolute atomic E-state index is 0.141. The van der Waals surface area contributed by atoms with Crippen LogP contribution in [0.2, 0.25) is 0 Å². The average Bonchev–Trinajstić information content (AvgIpc) is 2.29. The molecule has 4 nitrogen and oxygen atoms in total. The summed E-state index contributed by atoms with van der Waals surface area (Å²) in [5, 5.41) is 8.96. The topological polar surface area (TPSA) is 58.7 Å². The number of likely N-dealkylation sites (N-methyl/N-ethyl adjacent to an activating group) is 1. The monoisotopic (exact) mass is 224 g/mol. The zero-order chi connectivity index (χ0) is 12.0. The van der Waals surface area contributed by atoms with Gasteiger partial charge in [-0.15, -0.1) is 0 Å². The number of nitrogen functional groups attached to an aromatic ring is 1. The van der Waals surface area contributed by atoms with Crippen molar-refractivity contribution in [2.24, 2.45) is 0 Å². The Balaban J connectivity index is 2.91. The van der Waals surface area contributed by atoms with Gasteiger partial charge in [-0.3, -0.25) is 0 Å². The highest BCUT2D eigenvalue weighted by Gasteiger charge is 2.07. The molecule has 0 fully saturated rings. The quantitative estimate of drug-likeness (QED) is 0.719. The van der Waals surface area contributed by atoms with Crippen molar-refractivity contribution in [2.75, 3.05) is 36.9 Å². The van der Waals surface area contributed by atoms with Crippen LogP contribution < -0.4 is 15.4 Å². The van der Waals surface area contributed by atoms with E-state index in [-0.39, 0.29) is 6.61 Å². The first-order valence-corrected chi connectivity index (χ1v) is 5.61. The van der Waals surface area contributed by atoms with Crippen LogP contribution in [0.5, 0.6) is 5.75 Å². The average molecular weight is 224 g/mol. The van der Waals surface area contributed by atoms with Gasteiger partial charge in [-0.25, -0.2) is 0 Å². The Morgan fingerprint density at radius 3 is 2.69 bits per heavy atom. The number of ether oxygens (including phenoxy) is 1. The largest absolute Gasteiger partial charge is 0.492 e. The number of aliphatic hydroxyl groups excluding tert-OH is 1. The van der Waals surface area contributed by atoms with Crippen LogP contribution >= 0.6 is 0 Å². The fraction of sp³-hybridized carbons (Fsp3) is 0.500. The van der Waals surface area contributed by atoms with E-state index in [4.69, 9.17) is 15.6 Å². The number of nitrogens with zero attached hydrogens (tertiary/aromatic N) is 1. The van der Waals surface area contributed by atoms with E-state index in [1.54, 1.807) is 0 Å². The van der Waals surface area contributed by atoms with Gasteiger partial charge in [0.1, 0.15) is 5.75 Å². The van der Waals surface area contributed by atoms with Gasteiger partial charge in [0.2, 0.25) is 0 Å². The van der Waals surface area contributed by atoms with Gasteiger partial charge >= 0.3 is 0 Å². The van der Waals surface area contributed by atoms with Crippen LogP contribution in [0.1, 0.15) is 13.8 Å². The molecule has 0 aromatic heterocycles. The molecule has 4 heteroatoms. The molecule has 0 unspecified atom stereocenters. The van der Waals surface area contributed by atoms with Crippen LogP contribution in [0.25, 0.3) is 0 Å². The summed E-state index contributed by atoms with van der Waals surface area (Å²) in [6, 6.07) is 5.69. The first-order chi connectivity index (χ1) is 7.72. The van der Waals surface area contributed by atoms with E-state index in [1.807, 2.05) is 32.0 Å². The highest BCUT2D eigenvalue weighted by atomic mass is 16.5. The second-order valence-electron chi connectivity index (χ2n) is 3.46. The highest BCUT2D eigenvalue weighted by molar-refractivity contribution is 5.62. The lowest BCUT2D eigenvalue weighted by Gasteiger charge is -2.23. The number of anilines is 2. The lowest BCUT2D eigenvalue weighted by molar-refractivity contribution is 0.302. The number of rotatable bonds is 6. The van der Waals surface area contributed by atoms with Gasteiger partial charge in [0.15, 0.2) is 0 Å². The predicted molar refractivity (Wildman–Crippen MR) is 67.0 cm³/mol. The normalized spacial score (nSPS) is 10.2. The van der Waals surface area contributed by atoms with Crippen molar-refractivity contribution in [3.63, 3.8) is 0 Å². The Kier molecular flexibility index (Phi) is 4.92. The highest BCUT2D eigenvalue weighted by Crippen LogP contribution is 2.27. The molecule has 3 N–H and O–H groups in total. The van der Waals surface area contributed by atoms with Crippen LogP contribution in [-0.4, -0.2) is 31.4 Å². The Hall–Kier alpha value is -1.42. The molecule has 16 heavy (non-hydrogen) atoms. The summed E-state index contributed by atoms with van der Waals surface area (Å²) >= 11 is 0. The van der Waals surface area contributed by atoms with Gasteiger partial charge in [0, 0.05) is 24.8 Å². The van der Waals surface area contributed by atoms with Gasteiger partial charge in [-0.2, -0.15) is 0 Å². The first kappa shape index (κ1) is 12.6. The molecule has 90 valence electrons. The summed E-state index contributed by atoms with van der Waals surface area (Å²) < 4.78 is 5.44. The van der Waals surface area contributed by atoms with Gasteiger partial charge < -0.3 is 20.5 Å². The third-order valence-corrected chi connectivity index (χ3v) is 2.41. The molecule has 0 heterocycles. The van der Waals surface area contributed by atoms with Crippen molar-refractivity contribution in [1.29, 1.82) is 0 Å². The molecule has 0 bridgehead atoms. The standard InChI is InChI=1S/C12H20N2O2/c1-3-14(7-8-15)10-5-6-11(13)12(9-10)16-4-2/h5-6,9,15H,3-4,7-8,13H2,1-2H3. The van der Waals surface area contributed by atoms with Crippen molar-refractivity contribution in [2.45, 2.75) is 13.8 Å². The molecular weight excluding hydrogens is 204 g/mol. The molecule has 0 atom stereocenters. The van der Waals surface area contributed by atoms with E-state index < -0.39 is 0 Å². The molecule has 0 spiro atoms. The molecule has 0 aliphatic rings. The number of nitrogens with two attached hydrogens (primary N) is 1. The zero-order valence-electron chi connectivity index (χ0n) is 9.94. The van der Waals surface area contributed by atoms with Crippen molar-refractivity contribution < 1.29 is 9.84 Å². The van der Waals surface area contributed by atoms with E-state index >= 15 is 0 Å². The molecule has 1 aromatic carbocycles. The van der Waals surface area contributed by atoms with Crippen LogP contribution in [0, 0.1) is 0 Å². The molecule has 0 aliphatic heterocycles. The smallest absolute Gasteiger partial charge is 0.144 e. The van der Waals surface area contributed by atoms with Crippen LogP contribution in [0.15, 0.2) is 18.2 Å². The van der Waals surface area contributed by atoms with E-state index in [1.165, 1.54) is 0 Å². The van der Waals surface area contributed by atoms with Gasteiger partial charge in [0.25, 0.3) is 0 Å². The molecule has 0 radical (unpaired) electrons. The van der Waals surface area contributed by atoms with Crippen LogP contribution in [0.3, 0.4) is 0 Å². The Morgan fingerprint density at radius 1 is 1.38 bits per heavy atom. The molecule has 0 amide bonds. The lowest BCUT2D eigenvalue weighted by atomic mass is 10.2. The SMILES string of the molecule is CCOc1cc(N(CC)CCO)ccc1N. The summed E-state index contributed by atoms with van der Waals surface area (Å²) in [4.78, 5) is 2.07. The molecule has 0 aliphatic carbocycles. The van der Waals surface area contributed by atoms with Gasteiger partial charge in [-0.1, -0.05) is 0 Å². The zero-order valence-corrected chi connectivity index (χ0v) is 9.94. The molecule has 1 rings (SSSR count). The molecule has 0 saturated heterocycles. The molecule has 0 saturated carbocycles. The van der Waals surface area contributed by atoms with Crippen molar-refractivity contribution in [1.82, 2.24) is 0 Å². The van der Waals surface area contributed by atoms with E-state index in [9.17, 15) is 0 Å². The summed E-state index contributed by atoms with van der Waals surface area (Å²) in [6.45, 7) is 6.17. The molecular formula is C12H20N2O2.